The van der Waals surface area contributed by atoms with Crippen LogP contribution in [0, 0.1) is 13.8 Å². The van der Waals surface area contributed by atoms with E-state index in [4.69, 9.17) is 5.73 Å². The van der Waals surface area contributed by atoms with E-state index in [9.17, 15) is 0 Å². The van der Waals surface area contributed by atoms with E-state index in [-0.39, 0.29) is 0 Å². The van der Waals surface area contributed by atoms with Crippen LogP contribution in [0.4, 0.5) is 0 Å². The quantitative estimate of drug-likeness (QED) is 0.523. The molecule has 0 aliphatic heterocycles. The predicted molar refractivity (Wildman–Crippen MR) is 111 cm³/mol. The van der Waals surface area contributed by atoms with Gasteiger partial charge in [0.2, 0.25) is 0 Å². The maximum atomic E-state index is 6.25. The number of aryl methyl sites for hydroxylation is 2. The number of fused-ring (bicyclic) bond motifs is 2. The van der Waals surface area contributed by atoms with Gasteiger partial charge >= 0.3 is 0 Å². The average Bonchev–Trinajstić information content (AvgIpc) is 3.18. The molecule has 26 heavy (non-hydrogen) atoms. The van der Waals surface area contributed by atoms with E-state index in [2.05, 4.69) is 79.0 Å². The maximum Gasteiger partial charge on any atom is 0.0485 e. The lowest BCUT2D eigenvalue weighted by Crippen LogP contribution is -2.15. The van der Waals surface area contributed by atoms with Crippen molar-refractivity contribution < 1.29 is 0 Å². The molecule has 0 aliphatic carbocycles. The Labute approximate surface area is 154 Å². The van der Waals surface area contributed by atoms with Crippen molar-refractivity contribution in [3.63, 3.8) is 0 Å². The molecule has 4 rings (SSSR count). The number of H-pyrrole nitrogens is 1. The number of nitrogens with zero attached hydrogens (tertiary/aromatic N) is 1. The molecule has 0 amide bonds. The topological polar surface area (TPSA) is 46.7 Å². The molecule has 0 aliphatic rings. The molecule has 0 saturated carbocycles. The molecule has 2 aromatic carbocycles. The van der Waals surface area contributed by atoms with Crippen LogP contribution in [-0.4, -0.2) is 16.1 Å². The summed E-state index contributed by atoms with van der Waals surface area (Å²) in [5, 5.41) is 2.67. The largest absolute Gasteiger partial charge is 0.361 e. The fourth-order valence-electron chi connectivity index (χ4n) is 4.33. The Hall–Kier alpha value is -2.52. The van der Waals surface area contributed by atoms with Crippen LogP contribution in [0.1, 0.15) is 35.2 Å². The van der Waals surface area contributed by atoms with Gasteiger partial charge in [-0.05, 0) is 63.1 Å². The Bertz CT molecular complexity index is 1070. The molecule has 4 aromatic rings. The van der Waals surface area contributed by atoms with Crippen LogP contribution in [0.3, 0.4) is 0 Å². The van der Waals surface area contributed by atoms with Crippen molar-refractivity contribution >= 4 is 21.8 Å². The van der Waals surface area contributed by atoms with Gasteiger partial charge in [0, 0.05) is 46.2 Å². The molecule has 3 N–H and O–H groups in total. The van der Waals surface area contributed by atoms with Gasteiger partial charge in [0.25, 0.3) is 0 Å². The summed E-state index contributed by atoms with van der Waals surface area (Å²) in [6.07, 6.45) is 3.12. The maximum absolute atomic E-state index is 6.25. The van der Waals surface area contributed by atoms with Crippen LogP contribution >= 0.6 is 0 Å². The van der Waals surface area contributed by atoms with Gasteiger partial charge in [-0.25, -0.2) is 0 Å². The Morgan fingerprint density at radius 2 is 1.88 bits per heavy atom. The molecule has 2 aromatic heterocycles. The molecular weight excluding hydrogens is 318 g/mol. The molecule has 0 bridgehead atoms. The molecule has 1 unspecified atom stereocenters. The van der Waals surface area contributed by atoms with Crippen LogP contribution in [0.5, 0.6) is 0 Å². The van der Waals surface area contributed by atoms with E-state index in [0.717, 1.165) is 13.0 Å². The van der Waals surface area contributed by atoms with Gasteiger partial charge in [0.05, 0.1) is 0 Å². The SMILES string of the molecule is CCn1c(C)c(CC(CN)c2c[nH]c3ccc(C)cc23)c2ccccc21. The lowest BCUT2D eigenvalue weighted by Gasteiger charge is -2.15. The Balaban J connectivity index is 1.81. The summed E-state index contributed by atoms with van der Waals surface area (Å²) in [6, 6.07) is 15.3. The normalized spacial score (nSPS) is 12.9. The zero-order valence-corrected chi connectivity index (χ0v) is 15.8. The number of para-hydroxylation sites is 1. The first kappa shape index (κ1) is 16.9. The smallest absolute Gasteiger partial charge is 0.0485 e. The molecule has 0 saturated heterocycles. The molecule has 3 heteroatoms. The summed E-state index contributed by atoms with van der Waals surface area (Å²) in [6.45, 7) is 8.24. The minimum absolute atomic E-state index is 0.306. The fourth-order valence-corrected chi connectivity index (χ4v) is 4.33. The van der Waals surface area contributed by atoms with Crippen LogP contribution in [0.25, 0.3) is 21.8 Å². The zero-order chi connectivity index (χ0) is 18.3. The molecule has 3 nitrogen and oxygen atoms in total. The molecule has 2 heterocycles. The van der Waals surface area contributed by atoms with Crippen molar-refractivity contribution in [2.75, 3.05) is 6.54 Å². The van der Waals surface area contributed by atoms with E-state index in [1.165, 1.54) is 44.2 Å². The highest BCUT2D eigenvalue weighted by Crippen LogP contribution is 2.33. The Kier molecular flexibility index (Phi) is 4.33. The van der Waals surface area contributed by atoms with Crippen LogP contribution in [0.2, 0.25) is 0 Å². The third-order valence-electron chi connectivity index (χ3n) is 5.72. The minimum atomic E-state index is 0.306. The molecule has 1 atom stereocenters. The summed E-state index contributed by atoms with van der Waals surface area (Å²) >= 11 is 0. The molecule has 0 fully saturated rings. The molecule has 0 radical (unpaired) electrons. The highest BCUT2D eigenvalue weighted by molar-refractivity contribution is 5.87. The standard InChI is InChI=1S/C23H27N3/c1-4-26-16(3)19(18-7-5-6-8-23(18)26)12-17(13-24)21-14-25-22-10-9-15(2)11-20(21)22/h5-11,14,17,25H,4,12-13,24H2,1-3H3. The summed E-state index contributed by atoms with van der Waals surface area (Å²) in [5.41, 5.74) is 14.2. The van der Waals surface area contributed by atoms with Crippen molar-refractivity contribution in [2.24, 2.45) is 5.73 Å². The molecule has 134 valence electrons. The summed E-state index contributed by atoms with van der Waals surface area (Å²) in [5.74, 6) is 0.306. The van der Waals surface area contributed by atoms with Gasteiger partial charge in [-0.15, -0.1) is 0 Å². The zero-order valence-electron chi connectivity index (χ0n) is 15.8. The summed E-state index contributed by atoms with van der Waals surface area (Å²) in [7, 11) is 0. The molecular formula is C23H27N3. The van der Waals surface area contributed by atoms with Crippen molar-refractivity contribution in [1.82, 2.24) is 9.55 Å². The van der Waals surface area contributed by atoms with Crippen LogP contribution < -0.4 is 5.73 Å². The van der Waals surface area contributed by atoms with Gasteiger partial charge < -0.3 is 15.3 Å². The van der Waals surface area contributed by atoms with Gasteiger partial charge in [-0.3, -0.25) is 0 Å². The van der Waals surface area contributed by atoms with Crippen molar-refractivity contribution in [2.45, 2.75) is 39.7 Å². The van der Waals surface area contributed by atoms with E-state index < -0.39 is 0 Å². The number of hydrogen-bond donors (Lipinski definition) is 2. The van der Waals surface area contributed by atoms with Crippen LogP contribution in [-0.2, 0) is 13.0 Å². The highest BCUT2D eigenvalue weighted by atomic mass is 15.0. The Morgan fingerprint density at radius 1 is 1.08 bits per heavy atom. The van der Waals surface area contributed by atoms with E-state index in [1.54, 1.807) is 0 Å². The molecule has 0 spiro atoms. The highest BCUT2D eigenvalue weighted by Gasteiger charge is 2.20. The summed E-state index contributed by atoms with van der Waals surface area (Å²) < 4.78 is 2.41. The van der Waals surface area contributed by atoms with Gasteiger partial charge in [-0.1, -0.05) is 29.8 Å². The first-order valence-electron chi connectivity index (χ1n) is 9.48. The number of hydrogen-bond acceptors (Lipinski definition) is 1. The number of aromatic nitrogens is 2. The third-order valence-corrected chi connectivity index (χ3v) is 5.72. The average molecular weight is 345 g/mol. The van der Waals surface area contributed by atoms with Crippen molar-refractivity contribution in [3.8, 4) is 0 Å². The van der Waals surface area contributed by atoms with Gasteiger partial charge in [0.15, 0.2) is 0 Å². The van der Waals surface area contributed by atoms with Crippen LogP contribution in [0.15, 0.2) is 48.7 Å². The monoisotopic (exact) mass is 345 g/mol. The van der Waals surface area contributed by atoms with E-state index >= 15 is 0 Å². The number of rotatable bonds is 5. The first-order valence-corrected chi connectivity index (χ1v) is 9.48. The summed E-state index contributed by atoms with van der Waals surface area (Å²) in [4.78, 5) is 3.42. The number of benzene rings is 2. The second-order valence-electron chi connectivity index (χ2n) is 7.26. The second-order valence-corrected chi connectivity index (χ2v) is 7.26. The first-order chi connectivity index (χ1) is 12.6. The fraction of sp³-hybridized carbons (Fsp3) is 0.304. The van der Waals surface area contributed by atoms with Gasteiger partial charge in [-0.2, -0.15) is 0 Å². The van der Waals surface area contributed by atoms with E-state index in [1.807, 2.05) is 0 Å². The second kappa shape index (κ2) is 6.65. The number of nitrogens with two attached hydrogens (primary N) is 1. The number of aromatic amines is 1. The lowest BCUT2D eigenvalue weighted by molar-refractivity contribution is 0.689. The minimum Gasteiger partial charge on any atom is -0.361 e. The number of nitrogens with one attached hydrogen (secondary N) is 1. The van der Waals surface area contributed by atoms with Crippen molar-refractivity contribution in [3.05, 3.63) is 71.0 Å². The van der Waals surface area contributed by atoms with Crippen molar-refractivity contribution in [1.29, 1.82) is 0 Å². The predicted octanol–water partition coefficient (Wildman–Crippen LogP) is 5.04. The lowest BCUT2D eigenvalue weighted by atomic mass is 9.90. The van der Waals surface area contributed by atoms with E-state index in [0.29, 0.717) is 12.5 Å². The Morgan fingerprint density at radius 3 is 2.65 bits per heavy atom. The van der Waals surface area contributed by atoms with Gasteiger partial charge in [0.1, 0.15) is 0 Å². The third kappa shape index (κ3) is 2.63.